The monoisotopic (exact) mass is 444 g/mol. The van der Waals surface area contributed by atoms with Crippen molar-refractivity contribution >= 4 is 43.2 Å². The van der Waals surface area contributed by atoms with E-state index in [2.05, 4.69) is 25.6 Å². The molecular formula is C17H18BrClN2O3S. The molecule has 8 heteroatoms. The molecule has 0 spiro atoms. The van der Waals surface area contributed by atoms with Crippen molar-refractivity contribution in [1.29, 1.82) is 0 Å². The quantitative estimate of drug-likeness (QED) is 0.762. The maximum absolute atomic E-state index is 12.5. The Balaban J connectivity index is 1.69. The Morgan fingerprint density at radius 1 is 1.12 bits per heavy atom. The van der Waals surface area contributed by atoms with Crippen LogP contribution in [0.25, 0.3) is 0 Å². The van der Waals surface area contributed by atoms with Crippen molar-refractivity contribution in [2.45, 2.75) is 11.4 Å². The van der Waals surface area contributed by atoms with Crippen LogP contribution in [0.5, 0.6) is 0 Å². The lowest BCUT2D eigenvalue weighted by molar-refractivity contribution is 0.0342. The summed E-state index contributed by atoms with van der Waals surface area (Å²) in [5.41, 5.74) is 1.64. The van der Waals surface area contributed by atoms with Gasteiger partial charge in [-0.05, 0) is 35.9 Å². The van der Waals surface area contributed by atoms with Gasteiger partial charge < -0.3 is 4.74 Å². The molecule has 1 N–H and O–H groups in total. The predicted molar refractivity (Wildman–Crippen MR) is 102 cm³/mol. The summed E-state index contributed by atoms with van der Waals surface area (Å²) < 4.78 is 33.6. The number of nitrogens with zero attached hydrogens (tertiary/aromatic N) is 1. The molecular weight excluding hydrogens is 428 g/mol. The minimum Gasteiger partial charge on any atom is -0.379 e. The van der Waals surface area contributed by atoms with Crippen LogP contribution < -0.4 is 4.72 Å². The Bertz CT molecular complexity index is 837. The number of morpholine rings is 1. The van der Waals surface area contributed by atoms with Crippen LogP contribution in [0.4, 0.5) is 5.69 Å². The molecule has 2 aromatic carbocycles. The summed E-state index contributed by atoms with van der Waals surface area (Å²) in [5.74, 6) is 0. The Morgan fingerprint density at radius 3 is 2.44 bits per heavy atom. The van der Waals surface area contributed by atoms with E-state index in [-0.39, 0.29) is 9.92 Å². The first-order valence-electron chi connectivity index (χ1n) is 7.81. The van der Waals surface area contributed by atoms with Gasteiger partial charge in [0.1, 0.15) is 4.90 Å². The summed E-state index contributed by atoms with van der Waals surface area (Å²) in [6, 6.07) is 12.1. The van der Waals surface area contributed by atoms with Crippen LogP contribution >= 0.6 is 27.5 Å². The minimum atomic E-state index is -3.73. The van der Waals surface area contributed by atoms with Crippen LogP contribution in [0, 0.1) is 0 Å². The number of halogens is 2. The van der Waals surface area contributed by atoms with E-state index in [1.807, 2.05) is 12.1 Å². The number of hydrogen-bond donors (Lipinski definition) is 1. The molecule has 3 rings (SSSR count). The molecule has 0 bridgehead atoms. The van der Waals surface area contributed by atoms with Gasteiger partial charge in [0.15, 0.2) is 0 Å². The lowest BCUT2D eigenvalue weighted by atomic mass is 10.2. The molecule has 1 fully saturated rings. The zero-order chi connectivity index (χ0) is 17.9. The van der Waals surface area contributed by atoms with Crippen molar-refractivity contribution in [2.75, 3.05) is 31.0 Å². The molecule has 2 aromatic rings. The number of rotatable bonds is 5. The largest absolute Gasteiger partial charge is 0.379 e. The van der Waals surface area contributed by atoms with Crippen molar-refractivity contribution in [2.24, 2.45) is 0 Å². The number of benzene rings is 2. The second kappa shape index (κ2) is 8.05. The van der Waals surface area contributed by atoms with Crippen LogP contribution in [0.1, 0.15) is 5.56 Å². The summed E-state index contributed by atoms with van der Waals surface area (Å²) in [5, 5.41) is 0.172. The molecule has 0 unspecified atom stereocenters. The fraction of sp³-hybridized carbons (Fsp3) is 0.294. The Labute approximate surface area is 161 Å². The average molecular weight is 446 g/mol. The van der Waals surface area contributed by atoms with Crippen LogP contribution in [0.2, 0.25) is 5.02 Å². The van der Waals surface area contributed by atoms with E-state index in [0.29, 0.717) is 5.69 Å². The SMILES string of the molecule is O=S(=O)(Nc1ccc(CN2CCOCC2)cc1)c1ccc(Br)cc1Cl. The van der Waals surface area contributed by atoms with Gasteiger partial charge in [-0.3, -0.25) is 9.62 Å². The maximum Gasteiger partial charge on any atom is 0.263 e. The van der Waals surface area contributed by atoms with Gasteiger partial charge in [-0.25, -0.2) is 8.42 Å². The van der Waals surface area contributed by atoms with Crippen molar-refractivity contribution < 1.29 is 13.2 Å². The van der Waals surface area contributed by atoms with Crippen molar-refractivity contribution in [1.82, 2.24) is 4.90 Å². The van der Waals surface area contributed by atoms with Gasteiger partial charge in [-0.2, -0.15) is 0 Å². The molecule has 1 aliphatic rings. The summed E-state index contributed by atoms with van der Waals surface area (Å²) in [7, 11) is -3.73. The van der Waals surface area contributed by atoms with E-state index < -0.39 is 10.0 Å². The third kappa shape index (κ3) is 4.95. The number of sulfonamides is 1. The molecule has 1 saturated heterocycles. The number of anilines is 1. The Kier molecular flexibility index (Phi) is 6.01. The van der Waals surface area contributed by atoms with E-state index in [1.165, 1.54) is 6.07 Å². The summed E-state index contributed by atoms with van der Waals surface area (Å²) in [4.78, 5) is 2.36. The molecule has 0 amide bonds. The zero-order valence-corrected chi connectivity index (χ0v) is 16.6. The first-order chi connectivity index (χ1) is 11.9. The molecule has 0 aromatic heterocycles. The van der Waals surface area contributed by atoms with Crippen molar-refractivity contribution in [3.63, 3.8) is 0 Å². The van der Waals surface area contributed by atoms with Gasteiger partial charge in [0.05, 0.1) is 18.2 Å². The molecule has 0 atom stereocenters. The summed E-state index contributed by atoms with van der Waals surface area (Å²) in [6.45, 7) is 4.17. The van der Waals surface area contributed by atoms with Crippen LogP contribution in [0.15, 0.2) is 51.8 Å². The van der Waals surface area contributed by atoms with Gasteiger partial charge >= 0.3 is 0 Å². The van der Waals surface area contributed by atoms with E-state index in [0.717, 1.165) is 42.9 Å². The Hall–Kier alpha value is -1.12. The molecule has 1 heterocycles. The van der Waals surface area contributed by atoms with Gasteiger partial charge in [-0.15, -0.1) is 0 Å². The maximum atomic E-state index is 12.5. The topological polar surface area (TPSA) is 58.6 Å². The highest BCUT2D eigenvalue weighted by Crippen LogP contribution is 2.27. The fourth-order valence-electron chi connectivity index (χ4n) is 2.60. The standard InChI is InChI=1S/C17H18BrClN2O3S/c18-14-3-6-17(16(19)11-14)25(22,23)20-15-4-1-13(2-5-15)12-21-7-9-24-10-8-21/h1-6,11,20H,7-10,12H2. The van der Waals surface area contributed by atoms with E-state index in [1.54, 1.807) is 24.3 Å². The number of hydrogen-bond acceptors (Lipinski definition) is 4. The molecule has 1 aliphatic heterocycles. The van der Waals surface area contributed by atoms with Gasteiger partial charge in [0.25, 0.3) is 10.0 Å². The first-order valence-corrected chi connectivity index (χ1v) is 10.5. The van der Waals surface area contributed by atoms with Crippen LogP contribution in [-0.4, -0.2) is 39.6 Å². The number of nitrogens with one attached hydrogen (secondary N) is 1. The molecule has 0 saturated carbocycles. The molecule has 25 heavy (non-hydrogen) atoms. The fourth-order valence-corrected chi connectivity index (χ4v) is 4.70. The first kappa shape index (κ1) is 18.7. The summed E-state index contributed by atoms with van der Waals surface area (Å²) in [6.07, 6.45) is 0. The smallest absolute Gasteiger partial charge is 0.263 e. The van der Waals surface area contributed by atoms with Gasteiger partial charge in [0, 0.05) is 29.8 Å². The van der Waals surface area contributed by atoms with Gasteiger partial charge in [0.2, 0.25) is 0 Å². The lowest BCUT2D eigenvalue weighted by Gasteiger charge is -2.26. The summed E-state index contributed by atoms with van der Waals surface area (Å²) >= 11 is 9.32. The van der Waals surface area contributed by atoms with Gasteiger partial charge in [-0.1, -0.05) is 39.7 Å². The Morgan fingerprint density at radius 2 is 1.80 bits per heavy atom. The second-order valence-electron chi connectivity index (χ2n) is 5.77. The average Bonchev–Trinajstić information content (AvgIpc) is 2.57. The van der Waals surface area contributed by atoms with Crippen molar-refractivity contribution in [3.8, 4) is 0 Å². The molecule has 0 radical (unpaired) electrons. The third-order valence-corrected chi connectivity index (χ3v) is 6.26. The van der Waals surface area contributed by atoms with E-state index in [9.17, 15) is 8.42 Å². The highest BCUT2D eigenvalue weighted by atomic mass is 79.9. The zero-order valence-electron chi connectivity index (χ0n) is 13.4. The second-order valence-corrected chi connectivity index (χ2v) is 8.74. The highest BCUT2D eigenvalue weighted by Gasteiger charge is 2.18. The minimum absolute atomic E-state index is 0.0507. The number of ether oxygens (including phenoxy) is 1. The van der Waals surface area contributed by atoms with Crippen molar-refractivity contribution in [3.05, 3.63) is 57.5 Å². The predicted octanol–water partition coefficient (Wildman–Crippen LogP) is 3.74. The third-order valence-electron chi connectivity index (χ3n) is 3.90. The lowest BCUT2D eigenvalue weighted by Crippen LogP contribution is -2.35. The molecule has 5 nitrogen and oxygen atoms in total. The van der Waals surface area contributed by atoms with E-state index in [4.69, 9.17) is 16.3 Å². The highest BCUT2D eigenvalue weighted by molar-refractivity contribution is 9.10. The normalized spacial score (nSPS) is 15.9. The molecule has 0 aliphatic carbocycles. The van der Waals surface area contributed by atoms with Crippen LogP contribution in [0.3, 0.4) is 0 Å². The molecule has 134 valence electrons. The van der Waals surface area contributed by atoms with Crippen LogP contribution in [-0.2, 0) is 21.3 Å². The van der Waals surface area contributed by atoms with E-state index >= 15 is 0 Å².